The lowest BCUT2D eigenvalue weighted by Crippen LogP contribution is -2.12. The van der Waals surface area contributed by atoms with E-state index in [4.69, 9.17) is 16.2 Å². The predicted octanol–water partition coefficient (Wildman–Crippen LogP) is 0.972. The van der Waals surface area contributed by atoms with Crippen molar-refractivity contribution in [3.8, 4) is 0 Å². The van der Waals surface area contributed by atoms with Crippen molar-refractivity contribution in [1.29, 1.82) is 0 Å². The van der Waals surface area contributed by atoms with Crippen molar-refractivity contribution >= 4 is 11.7 Å². The molecule has 0 aliphatic rings. The zero-order valence-corrected chi connectivity index (χ0v) is 9.13. The van der Waals surface area contributed by atoms with Crippen LogP contribution in [0.15, 0.2) is 12.1 Å². The molecule has 16 heavy (non-hydrogen) atoms. The standard InChI is InChI=1S/C11H15FN2O2/c1-2-16-11(15)5-7-4-10(14)9(12)3-8(7)6-13/h3-4H,2,5-6,13-14H2,1H3. The molecule has 4 N–H and O–H groups in total. The summed E-state index contributed by atoms with van der Waals surface area (Å²) in [7, 11) is 0. The number of hydrogen-bond acceptors (Lipinski definition) is 4. The van der Waals surface area contributed by atoms with Crippen molar-refractivity contribution in [1.82, 2.24) is 0 Å². The highest BCUT2D eigenvalue weighted by Crippen LogP contribution is 2.18. The van der Waals surface area contributed by atoms with Crippen molar-refractivity contribution < 1.29 is 13.9 Å². The summed E-state index contributed by atoms with van der Waals surface area (Å²) in [5.74, 6) is -0.892. The molecule has 0 aliphatic carbocycles. The highest BCUT2D eigenvalue weighted by molar-refractivity contribution is 5.73. The van der Waals surface area contributed by atoms with Crippen LogP contribution in [0.2, 0.25) is 0 Å². The fraction of sp³-hybridized carbons (Fsp3) is 0.364. The average molecular weight is 226 g/mol. The summed E-state index contributed by atoms with van der Waals surface area (Å²) in [6, 6.07) is 2.68. The summed E-state index contributed by atoms with van der Waals surface area (Å²) < 4.78 is 17.9. The van der Waals surface area contributed by atoms with E-state index in [9.17, 15) is 9.18 Å². The molecule has 0 saturated carbocycles. The highest BCUT2D eigenvalue weighted by Gasteiger charge is 2.11. The van der Waals surface area contributed by atoms with E-state index in [0.29, 0.717) is 17.7 Å². The second-order valence-electron chi connectivity index (χ2n) is 3.33. The Morgan fingerprint density at radius 1 is 1.44 bits per heavy atom. The van der Waals surface area contributed by atoms with E-state index < -0.39 is 5.82 Å². The number of benzene rings is 1. The first-order chi connectivity index (χ1) is 7.58. The maximum atomic E-state index is 13.1. The number of nitrogens with two attached hydrogens (primary N) is 2. The predicted molar refractivity (Wildman–Crippen MR) is 59.0 cm³/mol. The topological polar surface area (TPSA) is 78.3 Å². The van der Waals surface area contributed by atoms with Gasteiger partial charge in [0.05, 0.1) is 18.7 Å². The highest BCUT2D eigenvalue weighted by atomic mass is 19.1. The van der Waals surface area contributed by atoms with Crippen molar-refractivity contribution in [2.24, 2.45) is 5.73 Å². The maximum absolute atomic E-state index is 13.1. The molecule has 5 heteroatoms. The monoisotopic (exact) mass is 226 g/mol. The number of halogens is 1. The van der Waals surface area contributed by atoms with Crippen molar-refractivity contribution in [2.45, 2.75) is 19.9 Å². The van der Waals surface area contributed by atoms with Crippen LogP contribution in [0, 0.1) is 5.82 Å². The fourth-order valence-electron chi connectivity index (χ4n) is 1.40. The number of nitrogen functional groups attached to an aromatic ring is 1. The van der Waals surface area contributed by atoms with Crippen molar-refractivity contribution in [3.63, 3.8) is 0 Å². The van der Waals surface area contributed by atoms with Crippen molar-refractivity contribution in [3.05, 3.63) is 29.1 Å². The first-order valence-corrected chi connectivity index (χ1v) is 5.01. The average Bonchev–Trinajstić information content (AvgIpc) is 2.23. The maximum Gasteiger partial charge on any atom is 0.310 e. The molecule has 0 atom stereocenters. The molecule has 1 rings (SSSR count). The minimum absolute atomic E-state index is 0.0106. The van der Waals surface area contributed by atoms with Gasteiger partial charge in [0.15, 0.2) is 0 Å². The molecule has 0 bridgehead atoms. The van der Waals surface area contributed by atoms with E-state index in [0.717, 1.165) is 0 Å². The third-order valence-electron chi connectivity index (χ3n) is 2.18. The Hall–Kier alpha value is -1.62. The molecular weight excluding hydrogens is 211 g/mol. The van der Waals surface area contributed by atoms with Crippen molar-refractivity contribution in [2.75, 3.05) is 12.3 Å². The summed E-state index contributed by atoms with van der Waals surface area (Å²) >= 11 is 0. The van der Waals surface area contributed by atoms with Gasteiger partial charge in [-0.2, -0.15) is 0 Å². The number of ether oxygens (including phenoxy) is 1. The van der Waals surface area contributed by atoms with E-state index in [1.54, 1.807) is 6.92 Å². The quantitative estimate of drug-likeness (QED) is 0.592. The third kappa shape index (κ3) is 2.93. The van der Waals surface area contributed by atoms with Crippen LogP contribution in [0.3, 0.4) is 0 Å². The Balaban J connectivity index is 2.94. The molecule has 1 aromatic carbocycles. The van der Waals surface area contributed by atoms with Gasteiger partial charge in [0.1, 0.15) is 5.82 Å². The molecule has 0 spiro atoms. The Kier molecular flexibility index (Phi) is 4.25. The van der Waals surface area contributed by atoms with Crippen LogP contribution in [0.25, 0.3) is 0 Å². The number of esters is 1. The van der Waals surface area contributed by atoms with Gasteiger partial charge < -0.3 is 16.2 Å². The van der Waals surface area contributed by atoms with E-state index >= 15 is 0 Å². The first-order valence-electron chi connectivity index (χ1n) is 5.01. The third-order valence-corrected chi connectivity index (χ3v) is 2.18. The molecule has 1 aromatic rings. The fourth-order valence-corrected chi connectivity index (χ4v) is 1.40. The van der Waals surface area contributed by atoms with Gasteiger partial charge in [-0.3, -0.25) is 4.79 Å². The SMILES string of the molecule is CCOC(=O)Cc1cc(N)c(F)cc1CN. The Labute approximate surface area is 93.4 Å². The largest absolute Gasteiger partial charge is 0.466 e. The number of anilines is 1. The molecule has 88 valence electrons. The normalized spacial score (nSPS) is 10.2. The minimum atomic E-state index is -0.520. The van der Waals surface area contributed by atoms with E-state index in [-0.39, 0.29) is 24.6 Å². The van der Waals surface area contributed by atoms with Crippen LogP contribution >= 0.6 is 0 Å². The van der Waals surface area contributed by atoms with Crippen LogP contribution in [0.4, 0.5) is 10.1 Å². The number of carbonyl (C=O) groups is 1. The number of carbonyl (C=O) groups excluding carboxylic acids is 1. The lowest BCUT2D eigenvalue weighted by atomic mass is 10.0. The lowest BCUT2D eigenvalue weighted by molar-refractivity contribution is -0.142. The molecule has 0 fully saturated rings. The van der Waals surface area contributed by atoms with Crippen LogP contribution in [0.5, 0.6) is 0 Å². The van der Waals surface area contributed by atoms with Gasteiger partial charge in [0.25, 0.3) is 0 Å². The summed E-state index contributed by atoms with van der Waals surface area (Å²) in [6.07, 6.45) is 0.0604. The molecule has 0 aromatic heterocycles. The zero-order chi connectivity index (χ0) is 12.1. The van der Waals surface area contributed by atoms with Gasteiger partial charge >= 0.3 is 5.97 Å². The van der Waals surface area contributed by atoms with Crippen LogP contribution in [0.1, 0.15) is 18.1 Å². The van der Waals surface area contributed by atoms with E-state index in [1.165, 1.54) is 12.1 Å². The Morgan fingerprint density at radius 3 is 2.69 bits per heavy atom. The van der Waals surface area contributed by atoms with Crippen LogP contribution in [-0.4, -0.2) is 12.6 Å². The summed E-state index contributed by atoms with van der Waals surface area (Å²) in [4.78, 5) is 11.3. The molecule has 0 radical (unpaired) electrons. The Bertz CT molecular complexity index is 394. The van der Waals surface area contributed by atoms with E-state index in [1.807, 2.05) is 0 Å². The molecule has 4 nitrogen and oxygen atoms in total. The molecule has 0 saturated heterocycles. The van der Waals surface area contributed by atoms with Gasteiger partial charge in [0.2, 0.25) is 0 Å². The molecule has 0 unspecified atom stereocenters. The van der Waals surface area contributed by atoms with Crippen LogP contribution in [-0.2, 0) is 22.5 Å². The van der Waals surface area contributed by atoms with Gasteiger partial charge in [-0.1, -0.05) is 0 Å². The second-order valence-corrected chi connectivity index (χ2v) is 3.33. The summed E-state index contributed by atoms with van der Waals surface area (Å²) in [6.45, 7) is 2.19. The Morgan fingerprint density at radius 2 is 2.12 bits per heavy atom. The zero-order valence-electron chi connectivity index (χ0n) is 9.13. The summed E-state index contributed by atoms with van der Waals surface area (Å²) in [5.41, 5.74) is 12.1. The van der Waals surface area contributed by atoms with Gasteiger partial charge in [-0.15, -0.1) is 0 Å². The van der Waals surface area contributed by atoms with Crippen LogP contribution < -0.4 is 11.5 Å². The molecule has 0 heterocycles. The first kappa shape index (κ1) is 12.4. The van der Waals surface area contributed by atoms with Gasteiger partial charge in [-0.25, -0.2) is 4.39 Å². The molecular formula is C11H15FN2O2. The second kappa shape index (κ2) is 5.46. The van der Waals surface area contributed by atoms with Gasteiger partial charge in [-0.05, 0) is 30.2 Å². The minimum Gasteiger partial charge on any atom is -0.466 e. The summed E-state index contributed by atoms with van der Waals surface area (Å²) in [5, 5.41) is 0. The number of hydrogen-bond donors (Lipinski definition) is 2. The molecule has 0 aliphatic heterocycles. The number of rotatable bonds is 4. The smallest absolute Gasteiger partial charge is 0.310 e. The van der Waals surface area contributed by atoms with Gasteiger partial charge in [0, 0.05) is 6.54 Å². The van der Waals surface area contributed by atoms with E-state index in [2.05, 4.69) is 0 Å². The molecule has 0 amide bonds. The lowest BCUT2D eigenvalue weighted by Gasteiger charge is -2.09.